The number of ether oxygens (including phenoxy) is 3. The van der Waals surface area contributed by atoms with Crippen LogP contribution in [0.5, 0.6) is 11.5 Å². The molecule has 1 aromatic carbocycles. The number of aromatic nitrogens is 2. The lowest BCUT2D eigenvalue weighted by molar-refractivity contribution is -0.0725. The summed E-state index contributed by atoms with van der Waals surface area (Å²) in [5.74, 6) is 2.47. The summed E-state index contributed by atoms with van der Waals surface area (Å²) < 4.78 is 21.8. The zero-order valence-corrected chi connectivity index (χ0v) is 14.5. The molecule has 0 spiro atoms. The lowest BCUT2D eigenvalue weighted by Gasteiger charge is -2.34. The van der Waals surface area contributed by atoms with Crippen LogP contribution in [0.4, 0.5) is 0 Å². The minimum Gasteiger partial charge on any atom is -0.497 e. The smallest absolute Gasteiger partial charge is 0.241 e. The molecule has 0 saturated carbocycles. The van der Waals surface area contributed by atoms with Gasteiger partial charge >= 0.3 is 0 Å². The molecule has 1 aromatic heterocycles. The van der Waals surface area contributed by atoms with Crippen LogP contribution in [0.1, 0.15) is 19.7 Å². The summed E-state index contributed by atoms with van der Waals surface area (Å²) in [7, 11) is 3.22. The number of benzene rings is 1. The molecule has 2 atom stereocenters. The van der Waals surface area contributed by atoms with E-state index in [4.69, 9.17) is 18.7 Å². The molecule has 7 nitrogen and oxygen atoms in total. The first kappa shape index (κ1) is 16.7. The molecule has 24 heavy (non-hydrogen) atoms. The molecular weight excluding hydrogens is 310 g/mol. The molecule has 1 fully saturated rings. The maximum Gasteiger partial charge on any atom is 0.241 e. The van der Waals surface area contributed by atoms with Crippen molar-refractivity contribution in [2.75, 3.05) is 27.3 Å². The van der Waals surface area contributed by atoms with Gasteiger partial charge in [-0.2, -0.15) is 4.98 Å². The minimum atomic E-state index is 0.206. The van der Waals surface area contributed by atoms with Crippen molar-refractivity contribution in [2.45, 2.75) is 32.6 Å². The third-order valence-corrected chi connectivity index (χ3v) is 3.97. The van der Waals surface area contributed by atoms with Gasteiger partial charge < -0.3 is 18.7 Å². The topological polar surface area (TPSA) is 69.9 Å². The highest BCUT2D eigenvalue weighted by atomic mass is 16.5. The van der Waals surface area contributed by atoms with Crippen LogP contribution in [-0.2, 0) is 11.3 Å². The molecule has 0 bridgehead atoms. The van der Waals surface area contributed by atoms with Crippen molar-refractivity contribution >= 4 is 0 Å². The molecule has 2 unspecified atom stereocenters. The molecule has 1 aliphatic heterocycles. The predicted octanol–water partition coefficient (Wildman–Crippen LogP) is 2.36. The lowest BCUT2D eigenvalue weighted by Crippen LogP contribution is -2.44. The second-order valence-electron chi connectivity index (χ2n) is 6.03. The van der Waals surface area contributed by atoms with E-state index in [1.165, 1.54) is 0 Å². The van der Waals surface area contributed by atoms with E-state index in [9.17, 15) is 0 Å². The number of hydrogen-bond donors (Lipinski definition) is 0. The highest BCUT2D eigenvalue weighted by Crippen LogP contribution is 2.31. The van der Waals surface area contributed by atoms with Gasteiger partial charge in [0.1, 0.15) is 11.5 Å². The minimum absolute atomic E-state index is 0.206. The molecule has 0 radical (unpaired) electrons. The van der Waals surface area contributed by atoms with Crippen LogP contribution in [0.25, 0.3) is 11.4 Å². The number of morpholine rings is 1. The number of nitrogens with zero attached hydrogens (tertiary/aromatic N) is 3. The maximum absolute atomic E-state index is 5.74. The average molecular weight is 333 g/mol. The van der Waals surface area contributed by atoms with Crippen LogP contribution < -0.4 is 9.47 Å². The predicted molar refractivity (Wildman–Crippen MR) is 88.1 cm³/mol. The third-order valence-electron chi connectivity index (χ3n) is 3.97. The highest BCUT2D eigenvalue weighted by molar-refractivity contribution is 5.65. The van der Waals surface area contributed by atoms with Crippen molar-refractivity contribution in [3.05, 3.63) is 24.1 Å². The quantitative estimate of drug-likeness (QED) is 0.832. The Labute approximate surface area is 141 Å². The molecule has 0 N–H and O–H groups in total. The lowest BCUT2D eigenvalue weighted by atomic mass is 10.2. The van der Waals surface area contributed by atoms with E-state index >= 15 is 0 Å². The van der Waals surface area contributed by atoms with Crippen molar-refractivity contribution < 1.29 is 18.7 Å². The van der Waals surface area contributed by atoms with Gasteiger partial charge in [-0.05, 0) is 26.0 Å². The van der Waals surface area contributed by atoms with Crippen LogP contribution in [0.15, 0.2) is 22.7 Å². The van der Waals surface area contributed by atoms with Crippen LogP contribution in [-0.4, -0.2) is 54.6 Å². The second kappa shape index (κ2) is 7.19. The Morgan fingerprint density at radius 1 is 1.17 bits per heavy atom. The fourth-order valence-corrected chi connectivity index (χ4v) is 3.02. The van der Waals surface area contributed by atoms with Crippen molar-refractivity contribution in [3.63, 3.8) is 0 Å². The van der Waals surface area contributed by atoms with Crippen molar-refractivity contribution in [3.8, 4) is 22.9 Å². The summed E-state index contributed by atoms with van der Waals surface area (Å²) in [6, 6.07) is 5.51. The fraction of sp³-hybridized carbons (Fsp3) is 0.529. The van der Waals surface area contributed by atoms with Gasteiger partial charge in [-0.1, -0.05) is 5.16 Å². The van der Waals surface area contributed by atoms with E-state index in [0.717, 1.165) is 24.4 Å². The summed E-state index contributed by atoms with van der Waals surface area (Å²) in [6.07, 6.45) is 0.413. The van der Waals surface area contributed by atoms with Gasteiger partial charge in [-0.3, -0.25) is 4.90 Å². The van der Waals surface area contributed by atoms with Gasteiger partial charge in [0.2, 0.25) is 11.7 Å². The van der Waals surface area contributed by atoms with Crippen molar-refractivity contribution in [2.24, 2.45) is 0 Å². The molecule has 2 heterocycles. The van der Waals surface area contributed by atoms with E-state index < -0.39 is 0 Å². The Morgan fingerprint density at radius 2 is 1.92 bits per heavy atom. The second-order valence-corrected chi connectivity index (χ2v) is 6.03. The van der Waals surface area contributed by atoms with Crippen molar-refractivity contribution in [1.82, 2.24) is 15.0 Å². The first-order chi connectivity index (χ1) is 11.6. The molecule has 0 aliphatic carbocycles. The van der Waals surface area contributed by atoms with Gasteiger partial charge in [0.15, 0.2) is 0 Å². The SMILES string of the molecule is COc1ccc(-c2noc(CN3CC(C)OC(C)C3)n2)c(OC)c1. The standard InChI is InChI=1S/C17H23N3O4/c1-11-8-20(9-12(2)23-11)10-16-18-17(19-24-16)14-6-5-13(21-3)7-15(14)22-4/h5-7,11-12H,8-10H2,1-4H3. The molecule has 1 aliphatic rings. The van der Waals surface area contributed by atoms with E-state index in [1.807, 2.05) is 12.1 Å². The van der Waals surface area contributed by atoms with Gasteiger partial charge in [-0.25, -0.2) is 0 Å². The van der Waals surface area contributed by atoms with Crippen LogP contribution >= 0.6 is 0 Å². The zero-order valence-electron chi connectivity index (χ0n) is 14.5. The van der Waals surface area contributed by atoms with Crippen LogP contribution in [0.2, 0.25) is 0 Å². The van der Waals surface area contributed by atoms with E-state index in [1.54, 1.807) is 20.3 Å². The first-order valence-corrected chi connectivity index (χ1v) is 8.02. The summed E-state index contributed by atoms with van der Waals surface area (Å²) in [5.41, 5.74) is 0.775. The average Bonchev–Trinajstić information content (AvgIpc) is 3.01. The molecule has 130 valence electrons. The largest absolute Gasteiger partial charge is 0.497 e. The van der Waals surface area contributed by atoms with Gasteiger partial charge in [0.05, 0.1) is 38.5 Å². The normalized spacial score (nSPS) is 21.7. The van der Waals surface area contributed by atoms with E-state index in [2.05, 4.69) is 28.9 Å². The van der Waals surface area contributed by atoms with Gasteiger partial charge in [0, 0.05) is 19.2 Å². The number of hydrogen-bond acceptors (Lipinski definition) is 7. The van der Waals surface area contributed by atoms with Crippen LogP contribution in [0.3, 0.4) is 0 Å². The summed E-state index contributed by atoms with van der Waals surface area (Å²) in [5, 5.41) is 4.09. The number of rotatable bonds is 5. The zero-order chi connectivity index (χ0) is 17.1. The Hall–Kier alpha value is -2.12. The van der Waals surface area contributed by atoms with E-state index in [0.29, 0.717) is 24.0 Å². The maximum atomic E-state index is 5.74. The fourth-order valence-electron chi connectivity index (χ4n) is 3.02. The Kier molecular flexibility index (Phi) is 5.01. The Balaban J connectivity index is 1.76. The van der Waals surface area contributed by atoms with Gasteiger partial charge in [0.25, 0.3) is 0 Å². The van der Waals surface area contributed by atoms with Gasteiger partial charge in [-0.15, -0.1) is 0 Å². The summed E-state index contributed by atoms with van der Waals surface area (Å²) in [6.45, 7) is 6.47. The molecule has 0 amide bonds. The monoisotopic (exact) mass is 333 g/mol. The summed E-state index contributed by atoms with van der Waals surface area (Å²) in [4.78, 5) is 6.77. The van der Waals surface area contributed by atoms with E-state index in [-0.39, 0.29) is 12.2 Å². The molecule has 3 rings (SSSR count). The Morgan fingerprint density at radius 3 is 2.58 bits per heavy atom. The Bertz CT molecular complexity index is 678. The number of methoxy groups -OCH3 is 2. The molecular formula is C17H23N3O4. The first-order valence-electron chi connectivity index (χ1n) is 8.02. The highest BCUT2D eigenvalue weighted by Gasteiger charge is 2.24. The summed E-state index contributed by atoms with van der Waals surface area (Å²) >= 11 is 0. The third kappa shape index (κ3) is 3.68. The van der Waals surface area contributed by atoms with Crippen LogP contribution in [0, 0.1) is 0 Å². The van der Waals surface area contributed by atoms with Crippen molar-refractivity contribution in [1.29, 1.82) is 0 Å². The molecule has 2 aromatic rings. The molecule has 7 heteroatoms. The molecule has 1 saturated heterocycles.